The van der Waals surface area contributed by atoms with E-state index in [4.69, 9.17) is 5.11 Å². The lowest BCUT2D eigenvalue weighted by Gasteiger charge is -2.46. The molecule has 1 aliphatic heterocycles. The van der Waals surface area contributed by atoms with Crippen LogP contribution in [0.5, 0.6) is 0 Å². The number of ketones is 1. The van der Waals surface area contributed by atoms with E-state index in [9.17, 15) is 19.5 Å². The SMILES string of the molecule is O=C(O)CNC(=O)C1=C(O)C2(CCC2)n2cccc2C1=O. The first-order valence-electron chi connectivity index (χ1n) is 6.63. The van der Waals surface area contributed by atoms with E-state index >= 15 is 0 Å². The quantitative estimate of drug-likeness (QED) is 0.705. The van der Waals surface area contributed by atoms with Gasteiger partial charge < -0.3 is 20.1 Å². The highest BCUT2D eigenvalue weighted by molar-refractivity contribution is 6.26. The Labute approximate surface area is 119 Å². The second kappa shape index (κ2) is 4.47. The van der Waals surface area contributed by atoms with Crippen molar-refractivity contribution in [3.63, 3.8) is 0 Å². The number of Topliss-reactive ketones (excluding diaryl/α,β-unsaturated/α-hetero) is 1. The van der Waals surface area contributed by atoms with Gasteiger partial charge in [0.2, 0.25) is 5.78 Å². The van der Waals surface area contributed by atoms with Crippen LogP contribution < -0.4 is 5.32 Å². The number of aliphatic carboxylic acids is 1. The Hall–Kier alpha value is -2.57. The van der Waals surface area contributed by atoms with E-state index in [1.54, 1.807) is 22.9 Å². The number of carbonyl (C=O) groups excluding carboxylic acids is 2. The van der Waals surface area contributed by atoms with Crippen LogP contribution in [0.2, 0.25) is 0 Å². The van der Waals surface area contributed by atoms with Crippen LogP contribution in [0.4, 0.5) is 0 Å². The predicted molar refractivity (Wildman–Crippen MR) is 70.9 cm³/mol. The summed E-state index contributed by atoms with van der Waals surface area (Å²) >= 11 is 0. The molecule has 0 aromatic carbocycles. The van der Waals surface area contributed by atoms with Crippen LogP contribution in [0.3, 0.4) is 0 Å². The normalized spacial score (nSPS) is 19.1. The van der Waals surface area contributed by atoms with Crippen molar-refractivity contribution in [1.82, 2.24) is 9.88 Å². The number of rotatable bonds is 3. The first-order chi connectivity index (χ1) is 9.97. The third kappa shape index (κ3) is 1.77. The van der Waals surface area contributed by atoms with Gasteiger partial charge in [-0.2, -0.15) is 0 Å². The number of nitrogens with one attached hydrogen (secondary N) is 1. The smallest absolute Gasteiger partial charge is 0.322 e. The lowest BCUT2D eigenvalue weighted by atomic mass is 9.71. The maximum atomic E-state index is 12.4. The number of allylic oxidation sites excluding steroid dienone is 1. The van der Waals surface area contributed by atoms with Gasteiger partial charge >= 0.3 is 5.97 Å². The van der Waals surface area contributed by atoms with E-state index < -0.39 is 29.7 Å². The first-order valence-corrected chi connectivity index (χ1v) is 6.63. The molecule has 3 N–H and O–H groups in total. The van der Waals surface area contributed by atoms with E-state index in [2.05, 4.69) is 5.32 Å². The summed E-state index contributed by atoms with van der Waals surface area (Å²) in [7, 11) is 0. The number of aliphatic hydroxyl groups is 1. The van der Waals surface area contributed by atoms with Crippen LogP contribution in [0.1, 0.15) is 29.8 Å². The van der Waals surface area contributed by atoms with Gasteiger partial charge in [-0.15, -0.1) is 0 Å². The third-order valence-corrected chi connectivity index (χ3v) is 4.16. The Bertz CT molecular complexity index is 681. The molecule has 1 saturated carbocycles. The number of hydrogen-bond donors (Lipinski definition) is 3. The summed E-state index contributed by atoms with van der Waals surface area (Å²) in [4.78, 5) is 34.9. The monoisotopic (exact) mass is 290 g/mol. The fraction of sp³-hybridized carbons (Fsp3) is 0.357. The second-order valence-corrected chi connectivity index (χ2v) is 5.28. The zero-order chi connectivity index (χ0) is 15.2. The molecule has 0 saturated heterocycles. The van der Waals surface area contributed by atoms with E-state index in [1.165, 1.54) is 0 Å². The van der Waals surface area contributed by atoms with E-state index in [0.29, 0.717) is 18.5 Å². The molecule has 7 heteroatoms. The van der Waals surface area contributed by atoms with E-state index in [-0.39, 0.29) is 11.3 Å². The predicted octanol–water partition coefficient (Wildman–Crippen LogP) is 0.576. The minimum Gasteiger partial charge on any atom is -0.509 e. The second-order valence-electron chi connectivity index (χ2n) is 5.28. The van der Waals surface area contributed by atoms with Crippen molar-refractivity contribution in [3.05, 3.63) is 35.4 Å². The molecule has 1 aliphatic carbocycles. The molecule has 0 atom stereocenters. The molecule has 3 rings (SSSR count). The lowest BCUT2D eigenvalue weighted by molar-refractivity contribution is -0.137. The van der Waals surface area contributed by atoms with Gasteiger partial charge in [0.25, 0.3) is 5.91 Å². The van der Waals surface area contributed by atoms with Gasteiger partial charge in [-0.25, -0.2) is 0 Å². The van der Waals surface area contributed by atoms with Crippen molar-refractivity contribution in [2.75, 3.05) is 6.54 Å². The van der Waals surface area contributed by atoms with E-state index in [1.807, 2.05) is 0 Å². The summed E-state index contributed by atoms with van der Waals surface area (Å²) in [6.07, 6.45) is 3.89. The van der Waals surface area contributed by atoms with Crippen LogP contribution in [-0.4, -0.2) is 39.0 Å². The number of carboxylic acids is 1. The maximum Gasteiger partial charge on any atom is 0.322 e. The minimum atomic E-state index is -1.21. The fourth-order valence-corrected chi connectivity index (χ4v) is 2.97. The van der Waals surface area contributed by atoms with Crippen LogP contribution in [0.15, 0.2) is 29.7 Å². The molecule has 2 heterocycles. The summed E-state index contributed by atoms with van der Waals surface area (Å²) in [5.74, 6) is -2.91. The molecule has 0 radical (unpaired) electrons. The minimum absolute atomic E-state index is 0.259. The van der Waals surface area contributed by atoms with Gasteiger partial charge in [0.1, 0.15) is 23.4 Å². The highest BCUT2D eigenvalue weighted by Crippen LogP contribution is 2.48. The number of nitrogens with zero attached hydrogens (tertiary/aromatic N) is 1. The molecule has 110 valence electrons. The van der Waals surface area contributed by atoms with Crippen LogP contribution in [0.25, 0.3) is 0 Å². The molecule has 0 bridgehead atoms. The molecule has 1 spiro atoms. The Morgan fingerprint density at radius 2 is 2.10 bits per heavy atom. The van der Waals surface area contributed by atoms with Crippen molar-refractivity contribution in [2.24, 2.45) is 0 Å². The summed E-state index contributed by atoms with van der Waals surface area (Å²) < 4.78 is 1.71. The van der Waals surface area contributed by atoms with Crippen molar-refractivity contribution in [2.45, 2.75) is 24.8 Å². The molecular formula is C14H14N2O5. The van der Waals surface area contributed by atoms with Gasteiger partial charge in [-0.1, -0.05) is 0 Å². The average molecular weight is 290 g/mol. The standard InChI is InChI=1S/C14H14N2O5/c17-9(18)7-15-13(21)10-11(19)8-3-1-6-16(8)14(12(10)20)4-2-5-14/h1,3,6,20H,2,4-5,7H2,(H,15,21)(H,17,18). The number of fused-ring (bicyclic) bond motifs is 2. The summed E-state index contributed by atoms with van der Waals surface area (Å²) in [5.41, 5.74) is -0.738. The largest absolute Gasteiger partial charge is 0.509 e. The summed E-state index contributed by atoms with van der Waals surface area (Å²) in [5, 5.41) is 21.2. The molecule has 7 nitrogen and oxygen atoms in total. The zero-order valence-electron chi connectivity index (χ0n) is 11.1. The molecule has 0 unspecified atom stereocenters. The van der Waals surface area contributed by atoms with Crippen molar-refractivity contribution in [3.8, 4) is 0 Å². The number of carbonyl (C=O) groups is 3. The molecule has 21 heavy (non-hydrogen) atoms. The van der Waals surface area contributed by atoms with Gasteiger partial charge in [-0.05, 0) is 31.4 Å². The van der Waals surface area contributed by atoms with Gasteiger partial charge in [0.05, 0.1) is 5.69 Å². The first kappa shape index (κ1) is 13.4. The van der Waals surface area contributed by atoms with Crippen molar-refractivity contribution < 1.29 is 24.6 Å². The highest BCUT2D eigenvalue weighted by Gasteiger charge is 2.50. The van der Waals surface area contributed by atoms with Gasteiger partial charge in [-0.3, -0.25) is 14.4 Å². The maximum absolute atomic E-state index is 12.4. The summed E-state index contributed by atoms with van der Waals surface area (Å²) in [6.45, 7) is -0.600. The number of amides is 1. The van der Waals surface area contributed by atoms with Crippen molar-refractivity contribution in [1.29, 1.82) is 0 Å². The average Bonchev–Trinajstić information content (AvgIpc) is 2.84. The lowest BCUT2D eigenvalue weighted by Crippen LogP contribution is -2.49. The molecule has 1 aromatic rings. The number of hydrogen-bond acceptors (Lipinski definition) is 4. The molecule has 1 fully saturated rings. The third-order valence-electron chi connectivity index (χ3n) is 4.16. The number of carboxylic acid groups (broad SMARTS) is 1. The number of aromatic nitrogens is 1. The Morgan fingerprint density at radius 3 is 2.67 bits per heavy atom. The van der Waals surface area contributed by atoms with Crippen LogP contribution in [-0.2, 0) is 15.1 Å². The molecule has 2 aliphatic rings. The Kier molecular flexibility index (Phi) is 2.86. The molecule has 1 aromatic heterocycles. The number of aliphatic hydroxyl groups excluding tert-OH is 1. The van der Waals surface area contributed by atoms with Gasteiger partial charge in [0.15, 0.2) is 0 Å². The Morgan fingerprint density at radius 1 is 1.38 bits per heavy atom. The molecular weight excluding hydrogens is 276 g/mol. The van der Waals surface area contributed by atoms with Crippen LogP contribution in [0, 0.1) is 0 Å². The van der Waals surface area contributed by atoms with Crippen LogP contribution >= 0.6 is 0 Å². The zero-order valence-corrected chi connectivity index (χ0v) is 11.1. The Balaban J connectivity index is 2.03. The van der Waals surface area contributed by atoms with Gasteiger partial charge in [0, 0.05) is 6.20 Å². The topological polar surface area (TPSA) is 109 Å². The fourth-order valence-electron chi connectivity index (χ4n) is 2.97. The molecule has 1 amide bonds. The highest BCUT2D eigenvalue weighted by atomic mass is 16.4. The van der Waals surface area contributed by atoms with Crippen molar-refractivity contribution >= 4 is 17.7 Å². The summed E-state index contributed by atoms with van der Waals surface area (Å²) in [6, 6.07) is 3.29. The van der Waals surface area contributed by atoms with E-state index in [0.717, 1.165) is 6.42 Å².